The van der Waals surface area contributed by atoms with Crippen LogP contribution in [0.2, 0.25) is 0 Å². The fourth-order valence-corrected chi connectivity index (χ4v) is 1.76. The maximum absolute atomic E-state index is 9.22. The molecule has 0 saturated heterocycles. The fraction of sp³-hybridized carbons (Fsp3) is 0.286. The van der Waals surface area contributed by atoms with Crippen LogP contribution in [0.3, 0.4) is 0 Å². The van der Waals surface area contributed by atoms with Crippen molar-refractivity contribution in [1.29, 1.82) is 0 Å². The molecule has 0 aliphatic heterocycles. The maximum Gasteiger partial charge on any atom is 0.127 e. The van der Waals surface area contributed by atoms with Gasteiger partial charge in [-0.1, -0.05) is 30.3 Å². The van der Waals surface area contributed by atoms with Crippen LogP contribution in [0.25, 0.3) is 10.8 Å². The van der Waals surface area contributed by atoms with Crippen LogP contribution in [-0.2, 0) is 0 Å². The molecule has 0 heterocycles. The molecule has 0 saturated carbocycles. The van der Waals surface area contributed by atoms with Gasteiger partial charge in [0.1, 0.15) is 12.4 Å². The maximum atomic E-state index is 9.22. The molecule has 0 fully saturated rings. The average Bonchev–Trinajstić information content (AvgIpc) is 2.28. The molecule has 0 spiro atoms. The molecule has 0 aliphatic carbocycles. The smallest absolute Gasteiger partial charge is 0.127 e. The summed E-state index contributed by atoms with van der Waals surface area (Å²) in [4.78, 5) is 0. The summed E-state index contributed by atoms with van der Waals surface area (Å²) in [7, 11) is 0. The zero-order valence-electron chi connectivity index (χ0n) is 9.60. The van der Waals surface area contributed by atoms with Crippen molar-refractivity contribution >= 4 is 10.8 Å². The van der Waals surface area contributed by atoms with Crippen molar-refractivity contribution in [2.24, 2.45) is 0 Å². The summed E-state index contributed by atoms with van der Waals surface area (Å²) in [5.41, 5.74) is 1.24. The predicted molar refractivity (Wildman–Crippen MR) is 65.9 cm³/mol. The van der Waals surface area contributed by atoms with Gasteiger partial charge in [-0.3, -0.25) is 0 Å². The Kier molecular flexibility index (Phi) is 3.11. The third-order valence-corrected chi connectivity index (χ3v) is 2.58. The first-order chi connectivity index (χ1) is 7.68. The van der Waals surface area contributed by atoms with Gasteiger partial charge < -0.3 is 9.84 Å². The lowest BCUT2D eigenvalue weighted by Crippen LogP contribution is -2.12. The molecule has 0 aromatic heterocycles. The molecule has 1 N–H and O–H groups in total. The topological polar surface area (TPSA) is 29.5 Å². The lowest BCUT2D eigenvalue weighted by Gasteiger charge is -2.12. The quantitative estimate of drug-likeness (QED) is 0.854. The summed E-state index contributed by atoms with van der Waals surface area (Å²) >= 11 is 0. The monoisotopic (exact) mass is 216 g/mol. The molecule has 16 heavy (non-hydrogen) atoms. The minimum absolute atomic E-state index is 0.326. The number of aliphatic hydroxyl groups is 1. The number of ether oxygens (including phenoxy) is 1. The lowest BCUT2D eigenvalue weighted by atomic mass is 10.0. The summed E-state index contributed by atoms with van der Waals surface area (Å²) in [6, 6.07) is 12.1. The third kappa shape index (κ3) is 2.17. The Hall–Kier alpha value is -1.54. The Morgan fingerprint density at radius 3 is 2.50 bits per heavy atom. The van der Waals surface area contributed by atoms with Crippen molar-refractivity contribution in [1.82, 2.24) is 0 Å². The van der Waals surface area contributed by atoms with Crippen LogP contribution >= 0.6 is 0 Å². The Labute approximate surface area is 95.5 Å². The Morgan fingerprint density at radius 2 is 1.81 bits per heavy atom. The van der Waals surface area contributed by atoms with E-state index in [1.807, 2.05) is 30.3 Å². The molecule has 2 heteroatoms. The van der Waals surface area contributed by atoms with Gasteiger partial charge in [-0.05, 0) is 30.9 Å². The number of aryl methyl sites for hydroxylation is 1. The first-order valence-corrected chi connectivity index (χ1v) is 5.47. The lowest BCUT2D eigenvalue weighted by molar-refractivity contribution is 0.123. The standard InChI is InChI=1S/C14H16O2/c1-10-7-8-14(16-9-11(2)15)13-6-4-3-5-12(10)13/h3-8,11,15H,9H2,1-2H3/t11-/m0/s1. The summed E-state index contributed by atoms with van der Waals surface area (Å²) in [5.74, 6) is 0.835. The third-order valence-electron chi connectivity index (χ3n) is 2.58. The summed E-state index contributed by atoms with van der Waals surface area (Å²) in [5, 5.41) is 11.5. The van der Waals surface area contributed by atoms with E-state index in [1.165, 1.54) is 10.9 Å². The number of hydrogen-bond donors (Lipinski definition) is 1. The highest BCUT2D eigenvalue weighted by Gasteiger charge is 2.05. The summed E-state index contributed by atoms with van der Waals surface area (Å²) in [6.07, 6.45) is -0.444. The van der Waals surface area contributed by atoms with Crippen molar-refractivity contribution in [2.45, 2.75) is 20.0 Å². The molecular formula is C14H16O2. The summed E-state index contributed by atoms with van der Waals surface area (Å²) < 4.78 is 5.59. The van der Waals surface area contributed by atoms with Crippen LogP contribution in [-0.4, -0.2) is 17.8 Å². The molecule has 2 aromatic rings. The van der Waals surface area contributed by atoms with E-state index in [1.54, 1.807) is 6.92 Å². The molecule has 2 aromatic carbocycles. The molecule has 2 rings (SSSR count). The van der Waals surface area contributed by atoms with Crippen molar-refractivity contribution in [3.05, 3.63) is 42.0 Å². The van der Waals surface area contributed by atoms with Gasteiger partial charge in [0, 0.05) is 5.39 Å². The highest BCUT2D eigenvalue weighted by atomic mass is 16.5. The van der Waals surface area contributed by atoms with E-state index in [2.05, 4.69) is 13.0 Å². The average molecular weight is 216 g/mol. The molecule has 0 bridgehead atoms. The van der Waals surface area contributed by atoms with Gasteiger partial charge in [-0.25, -0.2) is 0 Å². The SMILES string of the molecule is Cc1ccc(OC[C@H](C)O)c2ccccc12. The highest BCUT2D eigenvalue weighted by molar-refractivity contribution is 5.90. The molecule has 0 aliphatic rings. The Balaban J connectivity index is 2.42. The number of rotatable bonds is 3. The Morgan fingerprint density at radius 1 is 1.12 bits per heavy atom. The molecule has 0 radical (unpaired) electrons. The molecule has 0 unspecified atom stereocenters. The zero-order valence-corrected chi connectivity index (χ0v) is 9.60. The van der Waals surface area contributed by atoms with E-state index in [0.717, 1.165) is 11.1 Å². The summed E-state index contributed by atoms with van der Waals surface area (Å²) in [6.45, 7) is 4.13. The van der Waals surface area contributed by atoms with E-state index in [0.29, 0.717) is 6.61 Å². The normalized spacial score (nSPS) is 12.7. The van der Waals surface area contributed by atoms with Crippen molar-refractivity contribution in [3.8, 4) is 5.75 Å². The van der Waals surface area contributed by atoms with Crippen LogP contribution in [0.5, 0.6) is 5.75 Å². The van der Waals surface area contributed by atoms with Crippen LogP contribution in [0.1, 0.15) is 12.5 Å². The van der Waals surface area contributed by atoms with Gasteiger partial charge in [0.05, 0.1) is 6.10 Å². The number of hydrogen-bond acceptors (Lipinski definition) is 2. The van der Waals surface area contributed by atoms with Gasteiger partial charge in [0.2, 0.25) is 0 Å². The van der Waals surface area contributed by atoms with Gasteiger partial charge in [-0.15, -0.1) is 0 Å². The second-order valence-corrected chi connectivity index (χ2v) is 4.09. The highest BCUT2D eigenvalue weighted by Crippen LogP contribution is 2.28. The number of benzene rings is 2. The molecule has 84 valence electrons. The van der Waals surface area contributed by atoms with E-state index in [9.17, 15) is 5.11 Å². The van der Waals surface area contributed by atoms with Gasteiger partial charge in [-0.2, -0.15) is 0 Å². The van der Waals surface area contributed by atoms with Crippen molar-refractivity contribution in [2.75, 3.05) is 6.61 Å². The van der Waals surface area contributed by atoms with E-state index >= 15 is 0 Å². The van der Waals surface area contributed by atoms with Crippen molar-refractivity contribution in [3.63, 3.8) is 0 Å². The number of fused-ring (bicyclic) bond motifs is 1. The van der Waals surface area contributed by atoms with E-state index in [4.69, 9.17) is 4.74 Å². The molecule has 2 nitrogen and oxygen atoms in total. The van der Waals surface area contributed by atoms with E-state index in [-0.39, 0.29) is 0 Å². The minimum Gasteiger partial charge on any atom is -0.490 e. The van der Waals surface area contributed by atoms with Crippen LogP contribution < -0.4 is 4.74 Å². The van der Waals surface area contributed by atoms with Gasteiger partial charge in [0.25, 0.3) is 0 Å². The molecule has 1 atom stereocenters. The second kappa shape index (κ2) is 4.54. The van der Waals surface area contributed by atoms with Crippen molar-refractivity contribution < 1.29 is 9.84 Å². The Bertz CT molecular complexity index is 489. The molecule has 0 amide bonds. The second-order valence-electron chi connectivity index (χ2n) is 4.09. The first kappa shape index (κ1) is 11.0. The van der Waals surface area contributed by atoms with Gasteiger partial charge >= 0.3 is 0 Å². The van der Waals surface area contributed by atoms with Crippen LogP contribution in [0.4, 0.5) is 0 Å². The first-order valence-electron chi connectivity index (χ1n) is 5.47. The van der Waals surface area contributed by atoms with Crippen LogP contribution in [0.15, 0.2) is 36.4 Å². The number of aliphatic hydroxyl groups excluding tert-OH is 1. The van der Waals surface area contributed by atoms with E-state index < -0.39 is 6.10 Å². The largest absolute Gasteiger partial charge is 0.490 e. The molecular weight excluding hydrogens is 200 g/mol. The minimum atomic E-state index is -0.444. The fourth-order valence-electron chi connectivity index (χ4n) is 1.76. The van der Waals surface area contributed by atoms with Gasteiger partial charge in [0.15, 0.2) is 0 Å². The van der Waals surface area contributed by atoms with Crippen LogP contribution in [0, 0.1) is 6.92 Å². The predicted octanol–water partition coefficient (Wildman–Crippen LogP) is 2.91. The zero-order chi connectivity index (χ0) is 11.5.